The van der Waals surface area contributed by atoms with Gasteiger partial charge in [-0.15, -0.1) is 0 Å². The number of nitrogens with zero attached hydrogens (tertiary/aromatic N) is 5. The minimum absolute atomic E-state index is 0.735. The van der Waals surface area contributed by atoms with Gasteiger partial charge < -0.3 is 25.3 Å². The number of hydrogen-bond donors (Lipinski definition) is 2. The first kappa shape index (κ1) is 21.8. The summed E-state index contributed by atoms with van der Waals surface area (Å²) in [6, 6.07) is 4.19. The van der Waals surface area contributed by atoms with E-state index in [1.54, 1.807) is 0 Å². The lowest BCUT2D eigenvalue weighted by atomic mass is 9.99. The van der Waals surface area contributed by atoms with Gasteiger partial charge in [-0.2, -0.15) is 0 Å². The molecule has 1 aromatic heterocycles. The SMILES string of the molecule is CN=C(NCCCN1CCC(C)CC1)NCc1cccnc1N1CCN(C)CC1. The Morgan fingerprint density at radius 3 is 2.62 bits per heavy atom. The highest BCUT2D eigenvalue weighted by atomic mass is 15.3. The summed E-state index contributed by atoms with van der Waals surface area (Å²) in [6.07, 6.45) is 5.73. The molecule has 7 heteroatoms. The highest BCUT2D eigenvalue weighted by molar-refractivity contribution is 5.79. The molecule has 0 amide bonds. The van der Waals surface area contributed by atoms with Crippen LogP contribution in [0.15, 0.2) is 23.3 Å². The molecule has 0 unspecified atom stereocenters. The van der Waals surface area contributed by atoms with Gasteiger partial charge in [0.2, 0.25) is 0 Å². The average Bonchev–Trinajstić information content (AvgIpc) is 2.75. The fourth-order valence-electron chi connectivity index (χ4n) is 4.07. The molecule has 2 N–H and O–H groups in total. The Bertz CT molecular complexity index is 632. The summed E-state index contributed by atoms with van der Waals surface area (Å²) in [4.78, 5) is 16.4. The van der Waals surface area contributed by atoms with Crippen molar-refractivity contribution < 1.29 is 0 Å². The van der Waals surface area contributed by atoms with E-state index in [9.17, 15) is 0 Å². The minimum Gasteiger partial charge on any atom is -0.356 e. The lowest BCUT2D eigenvalue weighted by Crippen LogP contribution is -2.45. The Balaban J connectivity index is 1.41. The van der Waals surface area contributed by atoms with Gasteiger partial charge in [-0.1, -0.05) is 13.0 Å². The highest BCUT2D eigenvalue weighted by Crippen LogP contribution is 2.18. The molecular formula is C22H39N7. The number of aliphatic imine (C=N–C) groups is 1. The third-order valence-corrected chi connectivity index (χ3v) is 6.16. The molecule has 0 aromatic carbocycles. The van der Waals surface area contributed by atoms with Crippen molar-refractivity contribution in [1.29, 1.82) is 0 Å². The zero-order valence-electron chi connectivity index (χ0n) is 18.5. The van der Waals surface area contributed by atoms with Gasteiger partial charge in [0, 0.05) is 58.1 Å². The van der Waals surface area contributed by atoms with Gasteiger partial charge in [0.1, 0.15) is 5.82 Å². The fourth-order valence-corrected chi connectivity index (χ4v) is 4.07. The molecule has 29 heavy (non-hydrogen) atoms. The van der Waals surface area contributed by atoms with Crippen LogP contribution in [-0.2, 0) is 6.54 Å². The van der Waals surface area contributed by atoms with Crippen LogP contribution in [0.1, 0.15) is 31.7 Å². The number of guanidine groups is 1. The van der Waals surface area contributed by atoms with Gasteiger partial charge >= 0.3 is 0 Å². The molecule has 7 nitrogen and oxygen atoms in total. The summed E-state index contributed by atoms with van der Waals surface area (Å²) in [5.74, 6) is 2.86. The normalized spacial score (nSPS) is 20.1. The summed E-state index contributed by atoms with van der Waals surface area (Å²) >= 11 is 0. The van der Waals surface area contributed by atoms with E-state index in [1.165, 1.54) is 38.0 Å². The monoisotopic (exact) mass is 401 g/mol. The Morgan fingerprint density at radius 2 is 1.90 bits per heavy atom. The van der Waals surface area contributed by atoms with E-state index in [0.717, 1.165) is 63.4 Å². The molecule has 2 aliphatic rings. The smallest absolute Gasteiger partial charge is 0.191 e. The van der Waals surface area contributed by atoms with Crippen molar-refractivity contribution >= 4 is 11.8 Å². The highest BCUT2D eigenvalue weighted by Gasteiger charge is 2.18. The standard InChI is InChI=1S/C22H39N7/c1-19-7-12-28(13-8-19)11-5-10-25-22(23-2)26-18-20-6-4-9-24-21(20)29-16-14-27(3)15-17-29/h4,6,9,19H,5,7-8,10-18H2,1-3H3,(H2,23,25,26). The van der Waals surface area contributed by atoms with Gasteiger partial charge in [0.15, 0.2) is 5.96 Å². The molecule has 0 saturated carbocycles. The molecule has 0 radical (unpaired) electrons. The second-order valence-electron chi connectivity index (χ2n) is 8.51. The number of piperidine rings is 1. The lowest BCUT2D eigenvalue weighted by Gasteiger charge is -2.34. The molecule has 0 atom stereocenters. The molecular weight excluding hydrogens is 362 g/mol. The van der Waals surface area contributed by atoms with E-state index in [2.05, 4.69) is 55.3 Å². The van der Waals surface area contributed by atoms with E-state index in [1.807, 2.05) is 19.3 Å². The van der Waals surface area contributed by atoms with Crippen molar-refractivity contribution in [2.24, 2.45) is 10.9 Å². The Kier molecular flexibility index (Phi) is 8.55. The van der Waals surface area contributed by atoms with Crippen LogP contribution in [-0.4, -0.2) is 87.2 Å². The van der Waals surface area contributed by atoms with Crippen molar-refractivity contribution in [2.75, 3.05) is 71.4 Å². The van der Waals surface area contributed by atoms with Gasteiger partial charge in [-0.25, -0.2) is 4.98 Å². The minimum atomic E-state index is 0.735. The quantitative estimate of drug-likeness (QED) is 0.411. The summed E-state index contributed by atoms with van der Waals surface area (Å²) in [5.41, 5.74) is 1.22. The summed E-state index contributed by atoms with van der Waals surface area (Å²) < 4.78 is 0. The van der Waals surface area contributed by atoms with Crippen LogP contribution in [0.2, 0.25) is 0 Å². The van der Waals surface area contributed by atoms with Crippen LogP contribution in [0.25, 0.3) is 0 Å². The Morgan fingerprint density at radius 1 is 1.14 bits per heavy atom. The molecule has 0 bridgehead atoms. The topological polar surface area (TPSA) is 59.0 Å². The van der Waals surface area contributed by atoms with Crippen LogP contribution in [0, 0.1) is 5.92 Å². The molecule has 2 saturated heterocycles. The molecule has 1 aromatic rings. The van der Waals surface area contributed by atoms with Gasteiger partial charge in [0.05, 0.1) is 0 Å². The summed E-state index contributed by atoms with van der Waals surface area (Å²) in [7, 11) is 4.02. The Labute approximate surface area is 176 Å². The average molecular weight is 402 g/mol. The van der Waals surface area contributed by atoms with E-state index in [-0.39, 0.29) is 0 Å². The Hall–Kier alpha value is -1.86. The summed E-state index contributed by atoms with van der Waals surface area (Å²) in [6.45, 7) is 12.0. The first-order valence-electron chi connectivity index (χ1n) is 11.2. The van der Waals surface area contributed by atoms with Gasteiger partial charge in [0.25, 0.3) is 0 Å². The first-order chi connectivity index (χ1) is 14.2. The second-order valence-corrected chi connectivity index (χ2v) is 8.51. The largest absolute Gasteiger partial charge is 0.356 e. The molecule has 0 spiro atoms. The maximum Gasteiger partial charge on any atom is 0.191 e. The number of likely N-dealkylation sites (tertiary alicyclic amines) is 1. The predicted molar refractivity (Wildman–Crippen MR) is 122 cm³/mol. The first-order valence-corrected chi connectivity index (χ1v) is 11.2. The zero-order valence-corrected chi connectivity index (χ0v) is 18.5. The number of likely N-dealkylation sites (N-methyl/N-ethyl adjacent to an activating group) is 1. The number of anilines is 1. The number of piperazine rings is 1. The van der Waals surface area contributed by atoms with Crippen molar-refractivity contribution in [3.05, 3.63) is 23.9 Å². The van der Waals surface area contributed by atoms with Crippen LogP contribution in [0.4, 0.5) is 5.82 Å². The van der Waals surface area contributed by atoms with Gasteiger partial charge in [-0.05, 0) is 57.9 Å². The van der Waals surface area contributed by atoms with E-state index >= 15 is 0 Å². The van der Waals surface area contributed by atoms with Crippen LogP contribution >= 0.6 is 0 Å². The summed E-state index contributed by atoms with van der Waals surface area (Å²) in [5, 5.41) is 6.93. The van der Waals surface area contributed by atoms with Crippen LogP contribution < -0.4 is 15.5 Å². The van der Waals surface area contributed by atoms with Gasteiger partial charge in [-0.3, -0.25) is 4.99 Å². The maximum absolute atomic E-state index is 4.67. The molecule has 2 fully saturated rings. The van der Waals surface area contributed by atoms with E-state index in [0.29, 0.717) is 0 Å². The third-order valence-electron chi connectivity index (χ3n) is 6.16. The van der Waals surface area contributed by atoms with E-state index in [4.69, 9.17) is 0 Å². The molecule has 162 valence electrons. The fraction of sp³-hybridized carbons (Fsp3) is 0.727. The molecule has 3 rings (SSSR count). The zero-order chi connectivity index (χ0) is 20.5. The number of hydrogen-bond acceptors (Lipinski definition) is 5. The molecule has 3 heterocycles. The van der Waals surface area contributed by atoms with Crippen molar-refractivity contribution in [2.45, 2.75) is 32.7 Å². The maximum atomic E-state index is 4.67. The molecule has 2 aliphatic heterocycles. The molecule has 0 aliphatic carbocycles. The number of pyridine rings is 1. The second kappa shape index (κ2) is 11.4. The third kappa shape index (κ3) is 6.85. The predicted octanol–water partition coefficient (Wildman–Crippen LogP) is 1.62. The van der Waals surface area contributed by atoms with Crippen molar-refractivity contribution in [3.63, 3.8) is 0 Å². The number of rotatable bonds is 7. The van der Waals surface area contributed by atoms with E-state index < -0.39 is 0 Å². The van der Waals surface area contributed by atoms with Crippen LogP contribution in [0.5, 0.6) is 0 Å². The van der Waals surface area contributed by atoms with Crippen LogP contribution in [0.3, 0.4) is 0 Å². The number of nitrogens with one attached hydrogen (secondary N) is 2. The van der Waals surface area contributed by atoms with Crippen molar-refractivity contribution in [1.82, 2.24) is 25.4 Å². The van der Waals surface area contributed by atoms with Crippen molar-refractivity contribution in [3.8, 4) is 0 Å². The lowest BCUT2D eigenvalue weighted by molar-refractivity contribution is 0.191. The number of aromatic nitrogens is 1.